The number of hydrogen-bond donors (Lipinski definition) is 3. The molecule has 1 aromatic carbocycles. The highest BCUT2D eigenvalue weighted by molar-refractivity contribution is 6.32. The predicted octanol–water partition coefficient (Wildman–Crippen LogP) is 4.08. The van der Waals surface area contributed by atoms with Gasteiger partial charge in [0.25, 0.3) is 0 Å². The molecular weight excluding hydrogens is 300 g/mol. The van der Waals surface area contributed by atoms with Gasteiger partial charge in [-0.05, 0) is 56.0 Å². The number of aliphatic hydroxyl groups is 2. The van der Waals surface area contributed by atoms with Gasteiger partial charge in [0, 0.05) is 0 Å². The van der Waals surface area contributed by atoms with Gasteiger partial charge in [-0.1, -0.05) is 41.5 Å². The smallest absolute Gasteiger partial charge is 0.117 e. The van der Waals surface area contributed by atoms with Crippen molar-refractivity contribution in [3.05, 3.63) is 58.2 Å². The molecule has 1 atom stereocenters. The molecule has 1 aromatic rings. The second-order valence-corrected chi connectivity index (χ2v) is 5.78. The number of halogens is 1. The van der Waals surface area contributed by atoms with Crippen LogP contribution in [0.4, 0.5) is 0 Å². The topological polar surface area (TPSA) is 60.7 Å². The van der Waals surface area contributed by atoms with Gasteiger partial charge in [0.15, 0.2) is 0 Å². The van der Waals surface area contributed by atoms with Crippen molar-refractivity contribution in [3.63, 3.8) is 0 Å². The number of benzene rings is 1. The van der Waals surface area contributed by atoms with Crippen molar-refractivity contribution in [2.24, 2.45) is 0 Å². The summed E-state index contributed by atoms with van der Waals surface area (Å²) < 4.78 is 0. The third-order valence-corrected chi connectivity index (χ3v) is 3.69. The Labute approximate surface area is 136 Å². The van der Waals surface area contributed by atoms with Crippen LogP contribution in [0.1, 0.15) is 32.3 Å². The Kier molecular flexibility index (Phi) is 7.39. The standard InChI is InChI=1S/C18H23ClO3/c1-12(2)16(8-9-20)18(22)7-4-13(3)10-14-5-6-15(21)11-17(14)19/h5-6,8,10-11,18,20-22H,1,4,7,9H2,2-3H3/b13-10+,16-8-. The molecule has 0 aliphatic rings. The lowest BCUT2D eigenvalue weighted by Crippen LogP contribution is -2.12. The van der Waals surface area contributed by atoms with Crippen LogP contribution in [0.3, 0.4) is 0 Å². The first kappa shape index (κ1) is 18.5. The van der Waals surface area contributed by atoms with E-state index in [0.29, 0.717) is 23.4 Å². The van der Waals surface area contributed by atoms with Gasteiger partial charge in [-0.25, -0.2) is 0 Å². The summed E-state index contributed by atoms with van der Waals surface area (Å²) in [4.78, 5) is 0. The van der Waals surface area contributed by atoms with Crippen molar-refractivity contribution in [2.45, 2.75) is 32.8 Å². The summed E-state index contributed by atoms with van der Waals surface area (Å²) in [6, 6.07) is 4.84. The van der Waals surface area contributed by atoms with E-state index in [1.54, 1.807) is 18.2 Å². The number of allylic oxidation sites excluding steroid dienone is 1. The third kappa shape index (κ3) is 5.68. The van der Waals surface area contributed by atoms with Crippen molar-refractivity contribution in [1.82, 2.24) is 0 Å². The maximum absolute atomic E-state index is 10.2. The number of rotatable bonds is 7. The number of hydrogen-bond acceptors (Lipinski definition) is 3. The fourth-order valence-corrected chi connectivity index (χ4v) is 2.41. The van der Waals surface area contributed by atoms with Gasteiger partial charge in [0.2, 0.25) is 0 Å². The van der Waals surface area contributed by atoms with E-state index in [1.807, 2.05) is 19.9 Å². The van der Waals surface area contributed by atoms with E-state index in [2.05, 4.69) is 6.58 Å². The zero-order valence-corrected chi connectivity index (χ0v) is 13.8. The van der Waals surface area contributed by atoms with Crippen molar-refractivity contribution < 1.29 is 15.3 Å². The van der Waals surface area contributed by atoms with Crippen LogP contribution in [0.25, 0.3) is 6.08 Å². The molecule has 1 rings (SSSR count). The number of phenolic OH excluding ortho intramolecular Hbond substituents is 1. The van der Waals surface area contributed by atoms with Crippen LogP contribution in [0, 0.1) is 0 Å². The fourth-order valence-electron chi connectivity index (χ4n) is 2.18. The molecule has 3 nitrogen and oxygen atoms in total. The highest BCUT2D eigenvalue weighted by Gasteiger charge is 2.11. The summed E-state index contributed by atoms with van der Waals surface area (Å²) in [7, 11) is 0. The lowest BCUT2D eigenvalue weighted by atomic mass is 9.96. The predicted molar refractivity (Wildman–Crippen MR) is 92.0 cm³/mol. The lowest BCUT2D eigenvalue weighted by molar-refractivity contribution is 0.201. The van der Waals surface area contributed by atoms with E-state index in [9.17, 15) is 10.2 Å². The third-order valence-electron chi connectivity index (χ3n) is 3.36. The Balaban J connectivity index is 2.72. The zero-order valence-electron chi connectivity index (χ0n) is 13.0. The zero-order chi connectivity index (χ0) is 16.7. The van der Waals surface area contributed by atoms with Crippen LogP contribution in [-0.2, 0) is 0 Å². The normalized spacial score (nSPS) is 14.0. The molecule has 0 saturated heterocycles. The molecule has 0 spiro atoms. The Hall–Kier alpha value is -1.55. The molecule has 120 valence electrons. The minimum Gasteiger partial charge on any atom is -0.508 e. The van der Waals surface area contributed by atoms with Gasteiger partial charge in [-0.3, -0.25) is 0 Å². The lowest BCUT2D eigenvalue weighted by Gasteiger charge is -2.15. The summed E-state index contributed by atoms with van der Waals surface area (Å²) in [6.45, 7) is 7.47. The Morgan fingerprint density at radius 3 is 2.59 bits per heavy atom. The quantitative estimate of drug-likeness (QED) is 0.663. The first-order chi connectivity index (χ1) is 10.3. The van der Waals surface area contributed by atoms with Crippen LogP contribution >= 0.6 is 11.6 Å². The van der Waals surface area contributed by atoms with Gasteiger partial charge < -0.3 is 15.3 Å². The minimum absolute atomic E-state index is 0.114. The molecule has 1 unspecified atom stereocenters. The first-order valence-corrected chi connectivity index (χ1v) is 7.53. The van der Waals surface area contributed by atoms with Crippen LogP contribution in [0.2, 0.25) is 5.02 Å². The molecule has 0 fully saturated rings. The maximum Gasteiger partial charge on any atom is 0.117 e. The largest absolute Gasteiger partial charge is 0.508 e. The van der Waals surface area contributed by atoms with Crippen molar-refractivity contribution >= 4 is 17.7 Å². The molecule has 4 heteroatoms. The van der Waals surface area contributed by atoms with Crippen molar-refractivity contribution in [3.8, 4) is 5.75 Å². The Morgan fingerprint density at radius 1 is 1.36 bits per heavy atom. The van der Waals surface area contributed by atoms with Gasteiger partial charge in [-0.15, -0.1) is 0 Å². The van der Waals surface area contributed by atoms with Gasteiger partial charge in [0.1, 0.15) is 5.75 Å². The molecular formula is C18H23ClO3. The van der Waals surface area contributed by atoms with Crippen LogP contribution < -0.4 is 0 Å². The molecule has 3 N–H and O–H groups in total. The molecule has 0 saturated carbocycles. The Morgan fingerprint density at radius 2 is 2.05 bits per heavy atom. The van der Waals surface area contributed by atoms with E-state index in [-0.39, 0.29) is 12.4 Å². The number of aliphatic hydroxyl groups excluding tert-OH is 2. The summed E-state index contributed by atoms with van der Waals surface area (Å²) >= 11 is 6.07. The Bertz CT molecular complexity index is 588. The molecule has 0 bridgehead atoms. The highest BCUT2D eigenvalue weighted by atomic mass is 35.5. The average molecular weight is 323 g/mol. The molecule has 0 aliphatic carbocycles. The number of aromatic hydroxyl groups is 1. The van der Waals surface area contributed by atoms with Crippen LogP contribution in [-0.4, -0.2) is 28.0 Å². The minimum atomic E-state index is -0.650. The second-order valence-electron chi connectivity index (χ2n) is 5.37. The maximum atomic E-state index is 10.2. The van der Waals surface area contributed by atoms with E-state index in [0.717, 1.165) is 16.7 Å². The molecule has 0 aliphatic heterocycles. The summed E-state index contributed by atoms with van der Waals surface area (Å²) in [5.74, 6) is 0.135. The molecule has 0 heterocycles. The van der Waals surface area contributed by atoms with Crippen LogP contribution in [0.5, 0.6) is 5.75 Å². The monoisotopic (exact) mass is 322 g/mol. The summed E-state index contributed by atoms with van der Waals surface area (Å²) in [6.07, 6.45) is 4.10. The second kappa shape index (κ2) is 8.79. The SMILES string of the molecule is C=C(C)/C(=C/CO)C(O)CC/C(C)=C/c1ccc(O)cc1Cl. The first-order valence-electron chi connectivity index (χ1n) is 7.15. The molecule has 0 amide bonds. The fraction of sp³-hybridized carbons (Fsp3) is 0.333. The highest BCUT2D eigenvalue weighted by Crippen LogP contribution is 2.25. The molecule has 22 heavy (non-hydrogen) atoms. The van der Waals surface area contributed by atoms with Gasteiger partial charge >= 0.3 is 0 Å². The van der Waals surface area contributed by atoms with E-state index < -0.39 is 6.10 Å². The number of phenols is 1. The van der Waals surface area contributed by atoms with E-state index >= 15 is 0 Å². The van der Waals surface area contributed by atoms with Crippen molar-refractivity contribution in [2.75, 3.05) is 6.61 Å². The molecule has 0 aromatic heterocycles. The van der Waals surface area contributed by atoms with Gasteiger partial charge in [0.05, 0.1) is 17.7 Å². The van der Waals surface area contributed by atoms with Gasteiger partial charge in [-0.2, -0.15) is 0 Å². The summed E-state index contributed by atoms with van der Waals surface area (Å²) in [5.41, 5.74) is 3.33. The van der Waals surface area contributed by atoms with Crippen molar-refractivity contribution in [1.29, 1.82) is 0 Å². The summed E-state index contributed by atoms with van der Waals surface area (Å²) in [5, 5.41) is 29.0. The average Bonchev–Trinajstić information content (AvgIpc) is 2.45. The van der Waals surface area contributed by atoms with E-state index in [4.69, 9.17) is 16.7 Å². The van der Waals surface area contributed by atoms with E-state index in [1.165, 1.54) is 6.07 Å². The molecule has 0 radical (unpaired) electrons. The van der Waals surface area contributed by atoms with Crippen LogP contribution in [0.15, 0.2) is 47.6 Å².